The summed E-state index contributed by atoms with van der Waals surface area (Å²) in [5.74, 6) is -0.426. The van der Waals surface area contributed by atoms with Crippen LogP contribution in [0.5, 0.6) is 0 Å². The van der Waals surface area contributed by atoms with Crippen LogP contribution < -0.4 is 0 Å². The number of hydrogen-bond donors (Lipinski definition) is 4. The minimum Gasteiger partial charge on any atom is -0.457 e. The van der Waals surface area contributed by atoms with E-state index in [2.05, 4.69) is 90.9 Å². The predicted octanol–water partition coefficient (Wildman–Crippen LogP) is 9.52. The Balaban J connectivity index is 2.46. The highest BCUT2D eigenvalue weighted by molar-refractivity contribution is 7.80. The van der Waals surface area contributed by atoms with Crippen molar-refractivity contribution in [2.45, 2.75) is 192 Å². The van der Waals surface area contributed by atoms with Crippen molar-refractivity contribution in [3.05, 3.63) is 72.9 Å². The number of aliphatic hydroxyl groups excluding tert-OH is 3. The van der Waals surface area contributed by atoms with E-state index >= 15 is 0 Å². The maximum atomic E-state index is 12.8. The summed E-state index contributed by atoms with van der Waals surface area (Å²) >= 11 is 0. The van der Waals surface area contributed by atoms with Gasteiger partial charge in [0.2, 0.25) is 0 Å². The fourth-order valence-corrected chi connectivity index (χ4v) is 6.92. The number of carbonyl (C=O) groups excluding carboxylic acids is 1. The Hall–Kier alpha value is -2.46. The third-order valence-electron chi connectivity index (χ3n) is 9.81. The molecule has 6 atom stereocenters. The molecule has 0 radical (unpaired) electrons. The van der Waals surface area contributed by atoms with Gasteiger partial charge in [0.05, 0.1) is 19.8 Å². The van der Waals surface area contributed by atoms with Crippen molar-refractivity contribution >= 4 is 16.4 Å². The highest BCUT2D eigenvalue weighted by atomic mass is 32.3. The summed E-state index contributed by atoms with van der Waals surface area (Å²) in [4.78, 5) is 12.8. The first kappa shape index (κ1) is 55.6. The van der Waals surface area contributed by atoms with Gasteiger partial charge in [-0.15, -0.1) is 0 Å². The molecule has 1 aliphatic rings. The zero-order chi connectivity index (χ0) is 43.9. The van der Waals surface area contributed by atoms with Gasteiger partial charge >= 0.3 is 16.4 Å². The van der Waals surface area contributed by atoms with Gasteiger partial charge in [-0.3, -0.25) is 9.35 Å². The molecule has 0 saturated carbocycles. The highest BCUT2D eigenvalue weighted by Crippen LogP contribution is 2.26. The normalized spacial score (nSPS) is 20.9. The molecule has 1 rings (SSSR count). The summed E-state index contributed by atoms with van der Waals surface area (Å²) in [5, 5.41) is 30.6. The van der Waals surface area contributed by atoms with Crippen LogP contribution in [0.25, 0.3) is 0 Å². The van der Waals surface area contributed by atoms with Crippen molar-refractivity contribution in [2.75, 3.05) is 26.4 Å². The number of hydrogen-bond acceptors (Lipinski definition) is 11. The Morgan fingerprint density at radius 1 is 0.650 bits per heavy atom. The van der Waals surface area contributed by atoms with E-state index in [0.717, 1.165) is 70.6 Å². The number of esters is 1. The molecule has 1 aliphatic heterocycles. The third kappa shape index (κ3) is 31.4. The number of aliphatic hydroxyl groups is 3. The zero-order valence-corrected chi connectivity index (χ0v) is 37.6. The number of rotatable bonds is 38. The molecule has 0 amide bonds. The largest absolute Gasteiger partial charge is 0.457 e. The monoisotopic (exact) mass is 869 g/mol. The minimum absolute atomic E-state index is 0.00735. The number of ether oxygens (including phenoxy) is 4. The van der Waals surface area contributed by atoms with Gasteiger partial charge in [-0.1, -0.05) is 145 Å². The minimum atomic E-state index is -5.07. The van der Waals surface area contributed by atoms with Gasteiger partial charge in [-0.25, -0.2) is 4.18 Å². The fraction of sp³-hybridized carbons (Fsp3) is 0.723. The summed E-state index contributed by atoms with van der Waals surface area (Å²) in [6.45, 7) is 3.68. The molecular formula is C47H80O12S. The van der Waals surface area contributed by atoms with Crippen LogP contribution in [0, 0.1) is 0 Å². The average molecular weight is 869 g/mol. The maximum Gasteiger partial charge on any atom is 0.397 e. The molecule has 0 aliphatic carbocycles. The van der Waals surface area contributed by atoms with Gasteiger partial charge in [-0.05, 0) is 77.0 Å². The lowest BCUT2D eigenvalue weighted by atomic mass is 9.99. The van der Waals surface area contributed by atoms with E-state index < -0.39 is 59.8 Å². The molecule has 4 N–H and O–H groups in total. The summed E-state index contributed by atoms with van der Waals surface area (Å²) in [6, 6.07) is 0. The van der Waals surface area contributed by atoms with Gasteiger partial charge in [0.25, 0.3) is 0 Å². The molecule has 1 fully saturated rings. The summed E-state index contributed by atoms with van der Waals surface area (Å²) in [7, 11) is -5.07. The maximum absolute atomic E-state index is 12.8. The predicted molar refractivity (Wildman–Crippen MR) is 239 cm³/mol. The first-order chi connectivity index (χ1) is 29.1. The molecule has 60 heavy (non-hydrogen) atoms. The number of carbonyl (C=O) groups is 1. The van der Waals surface area contributed by atoms with E-state index in [1.807, 2.05) is 0 Å². The Morgan fingerprint density at radius 3 is 1.68 bits per heavy atom. The van der Waals surface area contributed by atoms with Crippen molar-refractivity contribution in [2.24, 2.45) is 0 Å². The Kier molecular flexibility index (Phi) is 35.4. The van der Waals surface area contributed by atoms with E-state index in [4.69, 9.17) is 23.5 Å². The second kappa shape index (κ2) is 38.2. The molecule has 1 heterocycles. The van der Waals surface area contributed by atoms with Gasteiger partial charge in [0.15, 0.2) is 6.29 Å². The van der Waals surface area contributed by atoms with Crippen LogP contribution in [0.2, 0.25) is 0 Å². The first-order valence-electron chi connectivity index (χ1n) is 22.7. The van der Waals surface area contributed by atoms with Gasteiger partial charge in [0.1, 0.15) is 30.5 Å². The summed E-state index contributed by atoms with van der Waals surface area (Å²) in [5.41, 5.74) is 0. The summed E-state index contributed by atoms with van der Waals surface area (Å²) < 4.78 is 58.9. The molecule has 0 spiro atoms. The molecule has 346 valence electrons. The van der Waals surface area contributed by atoms with Gasteiger partial charge in [0, 0.05) is 13.0 Å². The second-order valence-corrected chi connectivity index (χ2v) is 16.3. The van der Waals surface area contributed by atoms with Crippen LogP contribution in [0.1, 0.15) is 155 Å². The van der Waals surface area contributed by atoms with Crippen LogP contribution in [0.3, 0.4) is 0 Å². The van der Waals surface area contributed by atoms with Crippen molar-refractivity contribution in [1.82, 2.24) is 0 Å². The zero-order valence-electron chi connectivity index (χ0n) is 36.7. The van der Waals surface area contributed by atoms with Gasteiger partial charge in [-0.2, -0.15) is 8.42 Å². The van der Waals surface area contributed by atoms with E-state index in [-0.39, 0.29) is 19.6 Å². The van der Waals surface area contributed by atoms with Crippen molar-refractivity contribution in [3.8, 4) is 0 Å². The van der Waals surface area contributed by atoms with Crippen LogP contribution >= 0.6 is 0 Å². The van der Waals surface area contributed by atoms with E-state index in [1.165, 1.54) is 57.8 Å². The SMILES string of the molecule is CC/C=C\C/C=C\C/C=C\C/C=C\CCCOCC(COC1OC(CO)C(O)C(OS(=O)(=O)O)C1O)OC(=O)CCCCCCCCCCC/C=C\C/C=C\CCCCC. The van der Waals surface area contributed by atoms with E-state index in [9.17, 15) is 28.5 Å². The molecule has 6 unspecified atom stereocenters. The topological polar surface area (TPSA) is 178 Å². The quantitative estimate of drug-likeness (QED) is 0.0200. The molecule has 13 heteroatoms. The first-order valence-corrected chi connectivity index (χ1v) is 24.1. The fourth-order valence-electron chi connectivity index (χ4n) is 6.41. The van der Waals surface area contributed by atoms with Gasteiger partial charge < -0.3 is 34.3 Å². The van der Waals surface area contributed by atoms with E-state index in [0.29, 0.717) is 13.0 Å². The van der Waals surface area contributed by atoms with Crippen LogP contribution in [-0.4, -0.2) is 97.5 Å². The third-order valence-corrected chi connectivity index (χ3v) is 10.3. The van der Waals surface area contributed by atoms with Crippen LogP contribution in [0.15, 0.2) is 72.9 Å². The van der Waals surface area contributed by atoms with Crippen molar-refractivity contribution < 1.29 is 56.2 Å². The van der Waals surface area contributed by atoms with Crippen molar-refractivity contribution in [3.63, 3.8) is 0 Å². The molecule has 0 aromatic rings. The smallest absolute Gasteiger partial charge is 0.397 e. The Bertz CT molecular complexity index is 1330. The lowest BCUT2D eigenvalue weighted by molar-refractivity contribution is -0.301. The van der Waals surface area contributed by atoms with Crippen LogP contribution in [0.4, 0.5) is 0 Å². The Labute approximate surface area is 362 Å². The number of unbranched alkanes of at least 4 members (excludes halogenated alkanes) is 13. The molecule has 12 nitrogen and oxygen atoms in total. The molecule has 0 aromatic heterocycles. The Morgan fingerprint density at radius 2 is 1.15 bits per heavy atom. The average Bonchev–Trinajstić information content (AvgIpc) is 3.22. The molecular weight excluding hydrogens is 789 g/mol. The lowest BCUT2D eigenvalue weighted by Gasteiger charge is -2.41. The lowest BCUT2D eigenvalue weighted by Crippen LogP contribution is -2.60. The molecule has 0 bridgehead atoms. The second-order valence-electron chi connectivity index (χ2n) is 15.3. The summed E-state index contributed by atoms with van der Waals surface area (Å²) in [6.07, 6.45) is 39.5. The highest BCUT2D eigenvalue weighted by Gasteiger charge is 2.48. The molecule has 0 aromatic carbocycles. The van der Waals surface area contributed by atoms with Crippen molar-refractivity contribution in [1.29, 1.82) is 0 Å². The standard InChI is InChI=1S/C47H80O12S/c1-3-5-7-9-11-13-15-17-19-20-21-22-23-24-26-28-30-32-34-36-43(49)57-41(39-55-37-35-33-31-29-27-25-18-16-14-12-10-8-6-4-2)40-56-47-45(51)46(59-60(52,53)54)44(50)42(38-48)58-47/h6,8,11-14,17-19,25,29,31,41-42,44-48,50-51H,3-5,7,9-10,15-16,20-24,26-28,30,32-40H2,1-2H3,(H,52,53,54)/b8-6-,13-11-,14-12-,19-17-,25-18-,31-29-. The number of allylic oxidation sites excluding steroid dienone is 12. The van der Waals surface area contributed by atoms with Crippen LogP contribution in [-0.2, 0) is 38.3 Å². The van der Waals surface area contributed by atoms with E-state index in [1.54, 1.807) is 0 Å². The molecule has 1 saturated heterocycles.